The minimum absolute atomic E-state index is 0.0544. The minimum Gasteiger partial charge on any atom is -0.344 e. The van der Waals surface area contributed by atoms with Gasteiger partial charge in [-0.2, -0.15) is 4.98 Å². The average molecular weight is 317 g/mol. The maximum absolute atomic E-state index is 12.9. The van der Waals surface area contributed by atoms with Crippen LogP contribution in [0, 0.1) is 11.7 Å². The SMILES string of the molecule is C[C@H](NC(=O)C1CCCCC1)c1nc(-c2ccc(F)cc2)no1. The van der Waals surface area contributed by atoms with Gasteiger partial charge in [0.05, 0.1) is 0 Å². The molecule has 1 saturated carbocycles. The molecule has 1 aliphatic rings. The number of nitrogens with zero attached hydrogens (tertiary/aromatic N) is 2. The molecule has 1 aliphatic carbocycles. The van der Waals surface area contributed by atoms with Crippen molar-refractivity contribution in [3.63, 3.8) is 0 Å². The van der Waals surface area contributed by atoms with Crippen molar-refractivity contribution in [1.29, 1.82) is 0 Å². The summed E-state index contributed by atoms with van der Waals surface area (Å²) in [5, 5.41) is 6.84. The van der Waals surface area contributed by atoms with Crippen LogP contribution in [-0.2, 0) is 4.79 Å². The molecular weight excluding hydrogens is 297 g/mol. The van der Waals surface area contributed by atoms with Crippen molar-refractivity contribution in [2.45, 2.75) is 45.1 Å². The zero-order valence-electron chi connectivity index (χ0n) is 13.1. The highest BCUT2D eigenvalue weighted by Gasteiger charge is 2.24. The largest absolute Gasteiger partial charge is 0.344 e. The van der Waals surface area contributed by atoms with E-state index in [-0.39, 0.29) is 23.7 Å². The number of rotatable bonds is 4. The van der Waals surface area contributed by atoms with Crippen molar-refractivity contribution in [1.82, 2.24) is 15.5 Å². The maximum atomic E-state index is 12.9. The molecule has 0 unspecified atom stereocenters. The second-order valence-electron chi connectivity index (χ2n) is 6.03. The Morgan fingerprint density at radius 3 is 2.65 bits per heavy atom. The number of hydrogen-bond donors (Lipinski definition) is 1. The number of nitrogens with one attached hydrogen (secondary N) is 1. The lowest BCUT2D eigenvalue weighted by atomic mass is 9.88. The molecule has 0 radical (unpaired) electrons. The first kappa shape index (κ1) is 15.6. The molecule has 1 aromatic heterocycles. The lowest BCUT2D eigenvalue weighted by Crippen LogP contribution is -2.33. The number of amides is 1. The molecule has 0 aliphatic heterocycles. The Hall–Kier alpha value is -2.24. The van der Waals surface area contributed by atoms with E-state index in [1.165, 1.54) is 18.6 Å². The van der Waals surface area contributed by atoms with Crippen LogP contribution in [0.2, 0.25) is 0 Å². The predicted octanol–water partition coefficient (Wildman–Crippen LogP) is 3.63. The maximum Gasteiger partial charge on any atom is 0.249 e. The zero-order valence-corrected chi connectivity index (χ0v) is 13.1. The lowest BCUT2D eigenvalue weighted by Gasteiger charge is -2.22. The fourth-order valence-corrected chi connectivity index (χ4v) is 2.89. The Morgan fingerprint density at radius 2 is 1.96 bits per heavy atom. The third kappa shape index (κ3) is 3.75. The van der Waals surface area contributed by atoms with Gasteiger partial charge < -0.3 is 9.84 Å². The van der Waals surface area contributed by atoms with Crippen LogP contribution in [-0.4, -0.2) is 16.0 Å². The van der Waals surface area contributed by atoms with Crippen LogP contribution < -0.4 is 5.32 Å². The van der Waals surface area contributed by atoms with Crippen LogP contribution in [0.1, 0.15) is 51.0 Å². The van der Waals surface area contributed by atoms with Crippen LogP contribution in [0.3, 0.4) is 0 Å². The summed E-state index contributed by atoms with van der Waals surface area (Å²) in [5.41, 5.74) is 0.673. The van der Waals surface area contributed by atoms with Gasteiger partial charge in [0.1, 0.15) is 11.9 Å². The Balaban J connectivity index is 1.64. The third-order valence-electron chi connectivity index (χ3n) is 4.25. The highest BCUT2D eigenvalue weighted by molar-refractivity contribution is 5.79. The van der Waals surface area contributed by atoms with E-state index in [9.17, 15) is 9.18 Å². The van der Waals surface area contributed by atoms with E-state index in [0.717, 1.165) is 25.7 Å². The Morgan fingerprint density at radius 1 is 1.26 bits per heavy atom. The monoisotopic (exact) mass is 317 g/mol. The van der Waals surface area contributed by atoms with Gasteiger partial charge in [0.25, 0.3) is 0 Å². The van der Waals surface area contributed by atoms with Gasteiger partial charge in [-0.15, -0.1) is 0 Å². The van der Waals surface area contributed by atoms with Gasteiger partial charge in [-0.1, -0.05) is 24.4 Å². The summed E-state index contributed by atoms with van der Waals surface area (Å²) in [6.45, 7) is 1.82. The number of benzene rings is 1. The second kappa shape index (κ2) is 6.89. The molecular formula is C17H20FN3O2. The van der Waals surface area contributed by atoms with E-state index in [1.807, 2.05) is 6.92 Å². The molecule has 1 N–H and O–H groups in total. The number of halogens is 1. The van der Waals surface area contributed by atoms with Gasteiger partial charge in [-0.3, -0.25) is 4.79 Å². The quantitative estimate of drug-likeness (QED) is 0.935. The first-order valence-electron chi connectivity index (χ1n) is 8.03. The molecule has 23 heavy (non-hydrogen) atoms. The van der Waals surface area contributed by atoms with Crippen molar-refractivity contribution >= 4 is 5.91 Å². The first-order valence-corrected chi connectivity index (χ1v) is 8.03. The van der Waals surface area contributed by atoms with Crippen molar-refractivity contribution in [3.8, 4) is 11.4 Å². The molecule has 1 heterocycles. The Labute approximate surface area is 134 Å². The van der Waals surface area contributed by atoms with Gasteiger partial charge in [-0.25, -0.2) is 4.39 Å². The molecule has 0 spiro atoms. The molecule has 122 valence electrons. The molecule has 0 saturated heterocycles. The van der Waals surface area contributed by atoms with Gasteiger partial charge in [0.2, 0.25) is 17.6 Å². The summed E-state index contributed by atoms with van der Waals surface area (Å²) in [4.78, 5) is 16.5. The normalized spacial score (nSPS) is 17.0. The first-order chi connectivity index (χ1) is 11.1. The number of hydrogen-bond acceptors (Lipinski definition) is 4. The standard InChI is InChI=1S/C17H20FN3O2/c1-11(19-16(22)13-5-3-2-4-6-13)17-20-15(21-23-17)12-7-9-14(18)10-8-12/h7-11,13H,2-6H2,1H3,(H,19,22)/t11-/m0/s1. The number of carbonyl (C=O) groups excluding carboxylic acids is 1. The summed E-state index contributed by atoms with van der Waals surface area (Å²) < 4.78 is 18.2. The summed E-state index contributed by atoms with van der Waals surface area (Å²) in [7, 11) is 0. The van der Waals surface area contributed by atoms with Crippen molar-refractivity contribution in [2.75, 3.05) is 0 Å². The van der Waals surface area contributed by atoms with E-state index >= 15 is 0 Å². The van der Waals surface area contributed by atoms with Crippen LogP contribution >= 0.6 is 0 Å². The smallest absolute Gasteiger partial charge is 0.249 e. The van der Waals surface area contributed by atoms with E-state index in [1.54, 1.807) is 12.1 Å². The predicted molar refractivity (Wildman–Crippen MR) is 82.8 cm³/mol. The highest BCUT2D eigenvalue weighted by atomic mass is 19.1. The van der Waals surface area contributed by atoms with Crippen LogP contribution in [0.5, 0.6) is 0 Å². The van der Waals surface area contributed by atoms with Gasteiger partial charge in [-0.05, 0) is 44.0 Å². The van der Waals surface area contributed by atoms with E-state index < -0.39 is 0 Å². The van der Waals surface area contributed by atoms with Crippen LogP contribution in [0.15, 0.2) is 28.8 Å². The molecule has 1 amide bonds. The van der Waals surface area contributed by atoms with Crippen molar-refractivity contribution in [3.05, 3.63) is 36.0 Å². The molecule has 5 nitrogen and oxygen atoms in total. The van der Waals surface area contributed by atoms with Crippen LogP contribution in [0.4, 0.5) is 4.39 Å². The fourth-order valence-electron chi connectivity index (χ4n) is 2.89. The zero-order chi connectivity index (χ0) is 16.2. The van der Waals surface area contributed by atoms with E-state index in [0.29, 0.717) is 17.3 Å². The summed E-state index contributed by atoms with van der Waals surface area (Å²) in [6.07, 6.45) is 5.33. The van der Waals surface area contributed by atoms with E-state index in [4.69, 9.17) is 4.52 Å². The second-order valence-corrected chi connectivity index (χ2v) is 6.03. The molecule has 1 fully saturated rings. The van der Waals surface area contributed by atoms with Crippen molar-refractivity contribution in [2.24, 2.45) is 5.92 Å². The van der Waals surface area contributed by atoms with Gasteiger partial charge in [0.15, 0.2) is 0 Å². The van der Waals surface area contributed by atoms with Gasteiger partial charge in [0, 0.05) is 11.5 Å². The molecule has 3 rings (SSSR count). The lowest BCUT2D eigenvalue weighted by molar-refractivity contribution is -0.126. The average Bonchev–Trinajstić information content (AvgIpc) is 3.06. The highest BCUT2D eigenvalue weighted by Crippen LogP contribution is 2.25. The molecule has 1 atom stereocenters. The minimum atomic E-state index is -0.342. The third-order valence-corrected chi connectivity index (χ3v) is 4.25. The molecule has 1 aromatic carbocycles. The van der Waals surface area contributed by atoms with Gasteiger partial charge >= 0.3 is 0 Å². The number of aromatic nitrogens is 2. The van der Waals surface area contributed by atoms with Crippen molar-refractivity contribution < 1.29 is 13.7 Å². The fraction of sp³-hybridized carbons (Fsp3) is 0.471. The number of carbonyl (C=O) groups is 1. The Kier molecular flexibility index (Phi) is 4.69. The molecule has 2 aromatic rings. The summed E-state index contributed by atoms with van der Waals surface area (Å²) in [5.74, 6) is 0.572. The molecule has 6 heteroatoms. The topological polar surface area (TPSA) is 68.0 Å². The van der Waals surface area contributed by atoms with Crippen LogP contribution in [0.25, 0.3) is 11.4 Å². The summed E-state index contributed by atoms with van der Waals surface area (Å²) >= 11 is 0. The summed E-state index contributed by atoms with van der Waals surface area (Å²) in [6, 6.07) is 5.54. The Bertz CT molecular complexity index is 663. The molecule has 0 bridgehead atoms. The van der Waals surface area contributed by atoms with E-state index in [2.05, 4.69) is 15.5 Å².